The number of methoxy groups -OCH3 is 1. The van der Waals surface area contributed by atoms with Crippen LogP contribution in [0.25, 0.3) is 0 Å². The zero-order valence-corrected chi connectivity index (χ0v) is 12.8. The second-order valence-corrected chi connectivity index (χ2v) is 4.90. The number of hydrogen-bond acceptors (Lipinski definition) is 3. The number of alkyl halides is 1. The molecule has 0 aliphatic carbocycles. The Labute approximate surface area is 129 Å². The summed E-state index contributed by atoms with van der Waals surface area (Å²) in [6.45, 7) is 2.39. The van der Waals surface area contributed by atoms with E-state index in [4.69, 9.17) is 26.3 Å². The molecule has 0 atom stereocenters. The molecule has 0 bridgehead atoms. The highest BCUT2D eigenvalue weighted by atomic mass is 35.5. The molecule has 0 heterocycles. The van der Waals surface area contributed by atoms with Crippen molar-refractivity contribution in [1.29, 1.82) is 5.26 Å². The molecule has 0 N–H and O–H groups in total. The van der Waals surface area contributed by atoms with Gasteiger partial charge in [0, 0.05) is 5.56 Å². The van der Waals surface area contributed by atoms with E-state index in [-0.39, 0.29) is 0 Å². The maximum absolute atomic E-state index is 8.98. The van der Waals surface area contributed by atoms with Crippen LogP contribution in [0.2, 0.25) is 0 Å². The molecular formula is C17H16ClNO2. The molecule has 0 fully saturated rings. The van der Waals surface area contributed by atoms with Gasteiger partial charge in [-0.05, 0) is 30.2 Å². The number of rotatable bonds is 5. The van der Waals surface area contributed by atoms with Gasteiger partial charge in [0.05, 0.1) is 18.6 Å². The van der Waals surface area contributed by atoms with Gasteiger partial charge < -0.3 is 9.47 Å². The van der Waals surface area contributed by atoms with E-state index in [0.29, 0.717) is 23.8 Å². The zero-order chi connectivity index (χ0) is 15.2. The highest BCUT2D eigenvalue weighted by molar-refractivity contribution is 6.17. The van der Waals surface area contributed by atoms with Crippen molar-refractivity contribution < 1.29 is 9.47 Å². The molecular weight excluding hydrogens is 286 g/mol. The molecule has 3 nitrogen and oxygen atoms in total. The van der Waals surface area contributed by atoms with E-state index in [1.807, 2.05) is 37.3 Å². The zero-order valence-electron chi connectivity index (χ0n) is 12.0. The van der Waals surface area contributed by atoms with Gasteiger partial charge in [0.1, 0.15) is 24.2 Å². The van der Waals surface area contributed by atoms with E-state index in [2.05, 4.69) is 6.07 Å². The molecule has 0 spiro atoms. The lowest BCUT2D eigenvalue weighted by Crippen LogP contribution is -2.00. The number of ether oxygens (including phenoxy) is 2. The van der Waals surface area contributed by atoms with Gasteiger partial charge in [-0.15, -0.1) is 11.6 Å². The van der Waals surface area contributed by atoms with Crippen LogP contribution in [0.15, 0.2) is 36.4 Å². The molecule has 0 aliphatic heterocycles. The highest BCUT2D eigenvalue weighted by Crippen LogP contribution is 2.27. The van der Waals surface area contributed by atoms with Crippen LogP contribution in [0.1, 0.15) is 22.3 Å². The first kappa shape index (κ1) is 15.2. The maximum Gasteiger partial charge on any atom is 0.137 e. The Balaban J connectivity index is 2.19. The molecule has 0 aromatic heterocycles. The molecule has 108 valence electrons. The first-order valence-corrected chi connectivity index (χ1v) is 7.07. The number of nitrogens with zero attached hydrogens (tertiary/aromatic N) is 1. The number of para-hydroxylation sites is 1. The van der Waals surface area contributed by atoms with Gasteiger partial charge >= 0.3 is 0 Å². The average Bonchev–Trinajstić information content (AvgIpc) is 2.53. The maximum atomic E-state index is 8.98. The minimum absolute atomic E-state index is 0.400. The van der Waals surface area contributed by atoms with Crippen molar-refractivity contribution in [2.75, 3.05) is 7.11 Å². The van der Waals surface area contributed by atoms with Crippen LogP contribution >= 0.6 is 11.6 Å². The molecule has 4 heteroatoms. The van der Waals surface area contributed by atoms with Crippen LogP contribution < -0.4 is 9.47 Å². The Hall–Kier alpha value is -2.18. The molecule has 21 heavy (non-hydrogen) atoms. The smallest absolute Gasteiger partial charge is 0.137 e. The van der Waals surface area contributed by atoms with Crippen LogP contribution in [0, 0.1) is 18.3 Å². The molecule has 2 aromatic rings. The number of halogens is 1. The summed E-state index contributed by atoms with van der Waals surface area (Å²) in [6.07, 6.45) is 0. The van der Waals surface area contributed by atoms with Crippen molar-refractivity contribution in [2.45, 2.75) is 19.4 Å². The monoisotopic (exact) mass is 301 g/mol. The van der Waals surface area contributed by atoms with E-state index < -0.39 is 0 Å². The van der Waals surface area contributed by atoms with Crippen LogP contribution in [0.5, 0.6) is 11.5 Å². The Morgan fingerprint density at radius 2 is 2.05 bits per heavy atom. The van der Waals surface area contributed by atoms with Gasteiger partial charge in [-0.2, -0.15) is 5.26 Å². The lowest BCUT2D eigenvalue weighted by molar-refractivity contribution is 0.300. The van der Waals surface area contributed by atoms with E-state index in [9.17, 15) is 0 Å². The van der Waals surface area contributed by atoms with Crippen molar-refractivity contribution in [3.8, 4) is 17.6 Å². The predicted molar refractivity (Wildman–Crippen MR) is 82.8 cm³/mol. The molecule has 0 saturated heterocycles. The standard InChI is InChI=1S/C17H16ClNO2/c1-12-4-3-5-14(9-18)17(12)21-11-13-6-7-15(10-19)16(8-13)20-2/h3-8H,9,11H2,1-2H3. The number of aryl methyl sites for hydroxylation is 1. The van der Waals surface area contributed by atoms with Crippen LogP contribution in [-0.2, 0) is 12.5 Å². The molecule has 0 unspecified atom stereocenters. The van der Waals surface area contributed by atoms with Gasteiger partial charge in [-0.3, -0.25) is 0 Å². The Bertz CT molecular complexity index is 677. The summed E-state index contributed by atoms with van der Waals surface area (Å²) in [6, 6.07) is 13.4. The first-order chi connectivity index (χ1) is 10.2. The summed E-state index contributed by atoms with van der Waals surface area (Å²) < 4.78 is 11.1. The quantitative estimate of drug-likeness (QED) is 0.778. The Morgan fingerprint density at radius 3 is 2.71 bits per heavy atom. The van der Waals surface area contributed by atoms with Crippen LogP contribution in [0.3, 0.4) is 0 Å². The lowest BCUT2D eigenvalue weighted by Gasteiger charge is -2.13. The van der Waals surface area contributed by atoms with Gasteiger partial charge in [-0.1, -0.05) is 24.3 Å². The Kier molecular flexibility index (Phi) is 5.08. The summed E-state index contributed by atoms with van der Waals surface area (Å²) in [5.41, 5.74) is 3.47. The number of hydrogen-bond donors (Lipinski definition) is 0. The van der Waals surface area contributed by atoms with Gasteiger partial charge in [0.25, 0.3) is 0 Å². The second-order valence-electron chi connectivity index (χ2n) is 4.63. The van der Waals surface area contributed by atoms with Gasteiger partial charge in [0.15, 0.2) is 0 Å². The summed E-state index contributed by atoms with van der Waals surface area (Å²) in [5, 5.41) is 8.98. The summed E-state index contributed by atoms with van der Waals surface area (Å²) in [4.78, 5) is 0. The van der Waals surface area contributed by atoms with E-state index in [1.54, 1.807) is 13.2 Å². The summed E-state index contributed by atoms with van der Waals surface area (Å²) in [7, 11) is 1.55. The number of benzene rings is 2. The summed E-state index contributed by atoms with van der Waals surface area (Å²) >= 11 is 5.94. The highest BCUT2D eigenvalue weighted by Gasteiger charge is 2.08. The molecule has 0 radical (unpaired) electrons. The minimum Gasteiger partial charge on any atom is -0.495 e. The molecule has 0 aliphatic rings. The minimum atomic E-state index is 0.400. The van der Waals surface area contributed by atoms with Gasteiger partial charge in [-0.25, -0.2) is 0 Å². The van der Waals surface area contributed by atoms with E-state index in [1.165, 1.54) is 0 Å². The fourth-order valence-electron chi connectivity index (χ4n) is 2.10. The van der Waals surface area contributed by atoms with Crippen molar-refractivity contribution in [1.82, 2.24) is 0 Å². The van der Waals surface area contributed by atoms with Crippen molar-refractivity contribution in [3.63, 3.8) is 0 Å². The largest absolute Gasteiger partial charge is 0.495 e. The first-order valence-electron chi connectivity index (χ1n) is 6.54. The van der Waals surface area contributed by atoms with E-state index in [0.717, 1.165) is 22.4 Å². The van der Waals surface area contributed by atoms with Crippen LogP contribution in [0.4, 0.5) is 0 Å². The molecule has 2 rings (SSSR count). The van der Waals surface area contributed by atoms with Crippen LogP contribution in [-0.4, -0.2) is 7.11 Å². The topological polar surface area (TPSA) is 42.2 Å². The third kappa shape index (κ3) is 3.48. The second kappa shape index (κ2) is 7.01. The predicted octanol–water partition coefficient (Wildman–Crippen LogP) is 4.19. The number of nitriles is 1. The van der Waals surface area contributed by atoms with Gasteiger partial charge in [0.2, 0.25) is 0 Å². The van der Waals surface area contributed by atoms with Crippen molar-refractivity contribution in [3.05, 3.63) is 58.7 Å². The normalized spacial score (nSPS) is 10.0. The Morgan fingerprint density at radius 1 is 1.24 bits per heavy atom. The lowest BCUT2D eigenvalue weighted by atomic mass is 10.1. The fourth-order valence-corrected chi connectivity index (χ4v) is 2.31. The third-order valence-corrected chi connectivity index (χ3v) is 3.49. The summed E-state index contributed by atoms with van der Waals surface area (Å²) in [5.74, 6) is 1.78. The van der Waals surface area contributed by atoms with Crippen molar-refractivity contribution in [2.24, 2.45) is 0 Å². The third-order valence-electron chi connectivity index (χ3n) is 3.21. The SMILES string of the molecule is COc1cc(COc2c(C)cccc2CCl)ccc1C#N. The molecule has 2 aromatic carbocycles. The molecule has 0 saturated carbocycles. The fraction of sp³-hybridized carbons (Fsp3) is 0.235. The molecule has 0 amide bonds. The van der Waals surface area contributed by atoms with E-state index >= 15 is 0 Å². The van der Waals surface area contributed by atoms with Crippen molar-refractivity contribution >= 4 is 11.6 Å². The average molecular weight is 302 g/mol.